The summed E-state index contributed by atoms with van der Waals surface area (Å²) in [4.78, 5) is 36.4. The lowest BCUT2D eigenvalue weighted by Crippen LogP contribution is -2.53. The van der Waals surface area contributed by atoms with Crippen LogP contribution in [0, 0.1) is 5.82 Å². The van der Waals surface area contributed by atoms with Crippen LogP contribution in [0.3, 0.4) is 0 Å². The van der Waals surface area contributed by atoms with E-state index >= 15 is 4.39 Å². The third kappa shape index (κ3) is 8.14. The molecule has 3 heterocycles. The van der Waals surface area contributed by atoms with Gasteiger partial charge in [0.05, 0.1) is 18.8 Å². The van der Waals surface area contributed by atoms with E-state index in [4.69, 9.17) is 4.74 Å². The molecule has 2 saturated heterocycles. The van der Waals surface area contributed by atoms with E-state index in [1.165, 1.54) is 6.07 Å². The van der Waals surface area contributed by atoms with Crippen molar-refractivity contribution in [3.05, 3.63) is 108 Å². The molecule has 9 nitrogen and oxygen atoms in total. The molecule has 0 unspecified atom stereocenters. The Morgan fingerprint density at radius 3 is 2.38 bits per heavy atom. The molecule has 7 rings (SSSR count). The molecule has 0 aliphatic carbocycles. The van der Waals surface area contributed by atoms with E-state index in [1.54, 1.807) is 12.3 Å². The zero-order valence-corrected chi connectivity index (χ0v) is 30.7. The predicted molar refractivity (Wildman–Crippen MR) is 204 cm³/mol. The van der Waals surface area contributed by atoms with Crippen molar-refractivity contribution in [1.29, 1.82) is 0 Å². The van der Waals surface area contributed by atoms with Gasteiger partial charge in [0, 0.05) is 49.0 Å². The Labute approximate surface area is 316 Å². The van der Waals surface area contributed by atoms with E-state index in [0.29, 0.717) is 24.7 Å². The smallest absolute Gasteiger partial charge is 0.411 e. The summed E-state index contributed by atoms with van der Waals surface area (Å²) >= 11 is 0. The number of ether oxygens (including phenoxy) is 1. The molecule has 0 spiro atoms. The second-order valence-electron chi connectivity index (χ2n) is 14.5. The number of hydrogen-bond donors (Lipinski definition) is 2. The van der Waals surface area contributed by atoms with Crippen molar-refractivity contribution < 1.29 is 37.0 Å². The fourth-order valence-corrected chi connectivity index (χ4v) is 8.00. The van der Waals surface area contributed by atoms with Crippen molar-refractivity contribution in [2.45, 2.75) is 50.1 Å². The molecule has 0 saturated carbocycles. The van der Waals surface area contributed by atoms with Crippen molar-refractivity contribution in [2.75, 3.05) is 51.8 Å². The molecule has 2 atom stereocenters. The summed E-state index contributed by atoms with van der Waals surface area (Å²) in [5, 5.41) is 16.6. The average Bonchev–Trinajstić information content (AvgIpc) is 3.17. The topological polar surface area (TPSA) is 98.2 Å². The number of fused-ring (bicyclic) bond motifs is 2. The molecule has 1 aromatic heterocycles. The lowest BCUT2D eigenvalue weighted by Gasteiger charge is -2.39. The number of morpholine rings is 1. The van der Waals surface area contributed by atoms with Crippen LogP contribution in [0.5, 0.6) is 0 Å². The fourth-order valence-electron chi connectivity index (χ4n) is 8.00. The van der Waals surface area contributed by atoms with E-state index in [0.717, 1.165) is 56.5 Å². The number of likely N-dealkylation sites (tertiary alicyclic amines) is 1. The van der Waals surface area contributed by atoms with Crippen LogP contribution >= 0.6 is 0 Å². The maximum absolute atomic E-state index is 16.3. The van der Waals surface area contributed by atoms with Gasteiger partial charge in [0.15, 0.2) is 0 Å². The number of nitrogens with zero attached hydrogens (tertiary/aromatic N) is 4. The number of rotatable bonds is 10. The van der Waals surface area contributed by atoms with Crippen LogP contribution in [0.25, 0.3) is 32.7 Å². The number of aliphatic carboxylic acids is 1. The Morgan fingerprint density at radius 2 is 1.65 bits per heavy atom. The van der Waals surface area contributed by atoms with Gasteiger partial charge in [-0.25, -0.2) is 9.18 Å². The Hall–Kier alpha value is -5.11. The van der Waals surface area contributed by atoms with Gasteiger partial charge in [-0.05, 0) is 96.6 Å². The van der Waals surface area contributed by atoms with Crippen LogP contribution in [-0.2, 0) is 22.5 Å². The van der Waals surface area contributed by atoms with Gasteiger partial charge in [-0.15, -0.1) is 0 Å². The monoisotopic (exact) mass is 757 g/mol. The molecule has 1 amide bonds. The molecule has 4 aromatic carbocycles. The number of alkyl halides is 3. The number of halogens is 4. The van der Waals surface area contributed by atoms with Crippen LogP contribution < -0.4 is 10.2 Å². The van der Waals surface area contributed by atoms with Crippen molar-refractivity contribution >= 4 is 39.1 Å². The zero-order valence-electron chi connectivity index (χ0n) is 30.7. The Kier molecular flexibility index (Phi) is 11.1. The first-order valence-corrected chi connectivity index (χ1v) is 18.4. The summed E-state index contributed by atoms with van der Waals surface area (Å²) < 4.78 is 63.6. The second-order valence-corrected chi connectivity index (χ2v) is 14.5. The minimum atomic E-state index is -4.63. The molecule has 5 aromatic rings. The maximum Gasteiger partial charge on any atom is 0.411 e. The fraction of sp³-hybridized carbons (Fsp3) is 0.357. The van der Waals surface area contributed by atoms with Gasteiger partial charge in [0.2, 0.25) is 0 Å². The van der Waals surface area contributed by atoms with Crippen LogP contribution in [0.4, 0.5) is 23.2 Å². The molecule has 2 aliphatic rings. The highest BCUT2D eigenvalue weighted by Crippen LogP contribution is 2.36. The normalized spacial score (nSPS) is 17.9. The molecule has 55 heavy (non-hydrogen) atoms. The molecular formula is C42H43F4N5O4. The number of carbonyl (C=O) groups excluding carboxylic acids is 1. The number of carboxylic acids is 1. The number of pyridine rings is 1. The summed E-state index contributed by atoms with van der Waals surface area (Å²) in [5.74, 6) is -3.29. The number of nitrogens with one attached hydrogen (secondary N) is 1. The number of carboxylic acid groups (broad SMARTS) is 1. The highest BCUT2D eigenvalue weighted by Gasteiger charge is 2.46. The summed E-state index contributed by atoms with van der Waals surface area (Å²) in [6, 6.07) is 18.6. The number of piperidine rings is 1. The Bertz CT molecular complexity index is 2200. The first-order chi connectivity index (χ1) is 26.4. The van der Waals surface area contributed by atoms with Gasteiger partial charge < -0.3 is 25.0 Å². The Morgan fingerprint density at radius 1 is 0.945 bits per heavy atom. The molecule has 0 bridgehead atoms. The van der Waals surface area contributed by atoms with Gasteiger partial charge in [-0.3, -0.25) is 14.7 Å². The Balaban J connectivity index is 1.20. The molecule has 2 N–H and O–H groups in total. The van der Waals surface area contributed by atoms with Crippen molar-refractivity contribution in [3.8, 4) is 11.1 Å². The number of hydrogen-bond acceptors (Lipinski definition) is 7. The SMILES string of the molecule is CN(C)C1CCN(Cc2cc(N3CCOC[C@@H]3C(F)(F)F)cc(F)c2C(=O)N[C@@H](Cc2cccc3c(-c4cccc5ccncc45)cccc23)C(=O)O)CC1. The third-order valence-corrected chi connectivity index (χ3v) is 10.9. The van der Waals surface area contributed by atoms with Crippen LogP contribution in [-0.4, -0.2) is 103 Å². The number of aromatic nitrogens is 1. The minimum Gasteiger partial charge on any atom is -0.480 e. The van der Waals surface area contributed by atoms with Crippen molar-refractivity contribution in [3.63, 3.8) is 0 Å². The number of benzene rings is 4. The van der Waals surface area contributed by atoms with E-state index in [1.807, 2.05) is 79.8 Å². The lowest BCUT2D eigenvalue weighted by atomic mass is 9.91. The highest BCUT2D eigenvalue weighted by atomic mass is 19.4. The molecule has 2 fully saturated rings. The molecular weight excluding hydrogens is 714 g/mol. The van der Waals surface area contributed by atoms with Crippen LogP contribution in [0.1, 0.15) is 34.3 Å². The quantitative estimate of drug-likeness (QED) is 0.149. The number of amides is 1. The van der Waals surface area contributed by atoms with Crippen molar-refractivity contribution in [1.82, 2.24) is 20.1 Å². The van der Waals surface area contributed by atoms with Gasteiger partial charge in [0.1, 0.15) is 17.9 Å². The van der Waals surface area contributed by atoms with Crippen LogP contribution in [0.2, 0.25) is 0 Å². The van der Waals surface area contributed by atoms with Crippen LogP contribution in [0.15, 0.2) is 85.2 Å². The first kappa shape index (κ1) is 38.2. The largest absolute Gasteiger partial charge is 0.480 e. The maximum atomic E-state index is 16.3. The van der Waals surface area contributed by atoms with E-state index in [9.17, 15) is 27.9 Å². The van der Waals surface area contributed by atoms with Crippen molar-refractivity contribution in [2.24, 2.45) is 0 Å². The van der Waals surface area contributed by atoms with Gasteiger partial charge >= 0.3 is 12.1 Å². The number of carbonyl (C=O) groups is 2. The predicted octanol–water partition coefficient (Wildman–Crippen LogP) is 6.91. The van der Waals surface area contributed by atoms with Gasteiger partial charge in [-0.1, -0.05) is 54.6 Å². The highest BCUT2D eigenvalue weighted by molar-refractivity contribution is 6.06. The van der Waals surface area contributed by atoms with E-state index in [2.05, 4.69) is 15.2 Å². The number of anilines is 1. The van der Waals surface area contributed by atoms with E-state index < -0.39 is 42.6 Å². The average molecular weight is 758 g/mol. The lowest BCUT2D eigenvalue weighted by molar-refractivity contribution is -0.167. The molecule has 288 valence electrons. The first-order valence-electron chi connectivity index (χ1n) is 18.4. The molecule has 13 heteroatoms. The summed E-state index contributed by atoms with van der Waals surface area (Å²) in [7, 11) is 4.00. The zero-order chi connectivity index (χ0) is 38.9. The minimum absolute atomic E-state index is 0.0128. The summed E-state index contributed by atoms with van der Waals surface area (Å²) in [5.41, 5.74) is 2.35. The second kappa shape index (κ2) is 15.9. The summed E-state index contributed by atoms with van der Waals surface area (Å²) in [6.07, 6.45) is 0.448. The van der Waals surface area contributed by atoms with Gasteiger partial charge in [-0.2, -0.15) is 13.2 Å². The van der Waals surface area contributed by atoms with Gasteiger partial charge in [0.25, 0.3) is 5.91 Å². The molecule has 2 aliphatic heterocycles. The third-order valence-electron chi connectivity index (χ3n) is 10.9. The summed E-state index contributed by atoms with van der Waals surface area (Å²) in [6.45, 7) is 0.675. The van der Waals surface area contributed by atoms with E-state index in [-0.39, 0.29) is 42.9 Å². The standard InChI is InChI=1S/C42H43F4N5O4/c1-49(2)29-13-16-50(17-14-29)24-28-20-30(51-18-19-55-25-38(51)42(44,45)46)22-36(43)39(28)40(52)48-37(41(53)54)21-27-7-4-9-32-31(27)8-5-11-33(32)34-10-3-6-26-12-15-47-23-35(26)34/h3-12,15,20,22-23,29,37-38H,13-14,16-19,21,24-25H2,1-2H3,(H,48,52)(H,53,54)/t37-,38+/m0/s1. The molecule has 0 radical (unpaired) electrons.